The third-order valence-corrected chi connectivity index (χ3v) is 5.44. The molecule has 2 aromatic carbocycles. The van der Waals surface area contributed by atoms with E-state index in [4.69, 9.17) is 16.3 Å². The van der Waals surface area contributed by atoms with Crippen LogP contribution in [0.2, 0.25) is 5.02 Å². The lowest BCUT2D eigenvalue weighted by molar-refractivity contribution is -0.155. The molecule has 7 heteroatoms. The number of carbonyl (C=O) groups excluding carboxylic acids is 1. The molecule has 0 aliphatic heterocycles. The van der Waals surface area contributed by atoms with Crippen molar-refractivity contribution in [3.05, 3.63) is 69.5 Å². The average molecular weight is 384 g/mol. The molecule has 6 nitrogen and oxygen atoms in total. The van der Waals surface area contributed by atoms with Crippen molar-refractivity contribution in [2.24, 2.45) is 0 Å². The Morgan fingerprint density at radius 1 is 1.11 bits per heavy atom. The SMILES string of the molecule is O=C(OCn1nnc2ccccc2c1=O)C1(c2ccc(Cl)cc2)CCCC1. The van der Waals surface area contributed by atoms with Crippen LogP contribution in [0.25, 0.3) is 10.9 Å². The summed E-state index contributed by atoms with van der Waals surface area (Å²) in [5, 5.41) is 8.95. The van der Waals surface area contributed by atoms with E-state index in [0.717, 1.165) is 23.1 Å². The molecule has 1 heterocycles. The Morgan fingerprint density at radius 3 is 2.56 bits per heavy atom. The van der Waals surface area contributed by atoms with Crippen LogP contribution >= 0.6 is 11.6 Å². The highest BCUT2D eigenvalue weighted by Gasteiger charge is 2.44. The first-order valence-electron chi connectivity index (χ1n) is 8.86. The molecule has 0 amide bonds. The Hall–Kier alpha value is -2.73. The highest BCUT2D eigenvalue weighted by molar-refractivity contribution is 6.30. The topological polar surface area (TPSA) is 74.1 Å². The summed E-state index contributed by atoms with van der Waals surface area (Å²) in [6.07, 6.45) is 3.33. The van der Waals surface area contributed by atoms with Crippen LogP contribution in [0, 0.1) is 0 Å². The second-order valence-corrected chi connectivity index (χ2v) is 7.20. The largest absolute Gasteiger partial charge is 0.441 e. The van der Waals surface area contributed by atoms with Crippen molar-refractivity contribution in [2.75, 3.05) is 0 Å². The maximum atomic E-state index is 13.0. The minimum atomic E-state index is -0.696. The normalized spacial score (nSPS) is 15.7. The van der Waals surface area contributed by atoms with Crippen molar-refractivity contribution < 1.29 is 9.53 Å². The van der Waals surface area contributed by atoms with Crippen molar-refractivity contribution in [2.45, 2.75) is 37.8 Å². The van der Waals surface area contributed by atoms with Crippen molar-refractivity contribution >= 4 is 28.5 Å². The number of ether oxygens (including phenoxy) is 1. The maximum Gasteiger partial charge on any atom is 0.318 e. The number of carbonyl (C=O) groups is 1. The van der Waals surface area contributed by atoms with Gasteiger partial charge in [0.15, 0.2) is 6.73 Å². The van der Waals surface area contributed by atoms with Gasteiger partial charge in [-0.2, -0.15) is 4.68 Å². The third kappa shape index (κ3) is 3.21. The van der Waals surface area contributed by atoms with Gasteiger partial charge in [-0.3, -0.25) is 9.59 Å². The van der Waals surface area contributed by atoms with E-state index in [2.05, 4.69) is 10.3 Å². The van der Waals surface area contributed by atoms with Gasteiger partial charge < -0.3 is 4.74 Å². The Kier molecular flexibility index (Phi) is 4.66. The maximum absolute atomic E-state index is 13.0. The van der Waals surface area contributed by atoms with Crippen molar-refractivity contribution in [1.82, 2.24) is 15.0 Å². The summed E-state index contributed by atoms with van der Waals surface area (Å²) >= 11 is 5.98. The second kappa shape index (κ2) is 7.12. The van der Waals surface area contributed by atoms with Gasteiger partial charge in [0.1, 0.15) is 5.52 Å². The number of hydrogen-bond donors (Lipinski definition) is 0. The zero-order chi connectivity index (χ0) is 18.9. The molecule has 1 aliphatic carbocycles. The van der Waals surface area contributed by atoms with Crippen LogP contribution in [-0.2, 0) is 21.7 Å². The summed E-state index contributed by atoms with van der Waals surface area (Å²) in [4.78, 5) is 25.5. The quantitative estimate of drug-likeness (QED) is 0.645. The van der Waals surface area contributed by atoms with Gasteiger partial charge in [0.05, 0.1) is 10.8 Å². The van der Waals surface area contributed by atoms with E-state index in [1.807, 2.05) is 12.1 Å². The van der Waals surface area contributed by atoms with Gasteiger partial charge in [0.2, 0.25) is 0 Å². The first kappa shape index (κ1) is 17.7. The second-order valence-electron chi connectivity index (χ2n) is 6.77. The predicted molar refractivity (Wildman–Crippen MR) is 101 cm³/mol. The van der Waals surface area contributed by atoms with Gasteiger partial charge in [-0.1, -0.05) is 53.9 Å². The van der Waals surface area contributed by atoms with Crippen LogP contribution in [0.15, 0.2) is 53.3 Å². The van der Waals surface area contributed by atoms with Gasteiger partial charge in [0, 0.05) is 5.02 Å². The summed E-state index contributed by atoms with van der Waals surface area (Å²) in [6, 6.07) is 14.2. The van der Waals surface area contributed by atoms with Gasteiger partial charge in [0.25, 0.3) is 5.56 Å². The number of fused-ring (bicyclic) bond motifs is 1. The zero-order valence-electron chi connectivity index (χ0n) is 14.6. The molecule has 0 spiro atoms. The lowest BCUT2D eigenvalue weighted by atomic mass is 9.79. The third-order valence-electron chi connectivity index (χ3n) is 5.19. The van der Waals surface area contributed by atoms with Gasteiger partial charge in [-0.05, 0) is 42.7 Å². The molecule has 0 atom stereocenters. The number of hydrogen-bond acceptors (Lipinski definition) is 5. The molecule has 0 N–H and O–H groups in total. The summed E-state index contributed by atoms with van der Waals surface area (Å²) in [6.45, 7) is -0.259. The molecule has 27 heavy (non-hydrogen) atoms. The lowest BCUT2D eigenvalue weighted by Crippen LogP contribution is -2.36. The Balaban J connectivity index is 1.58. The van der Waals surface area contributed by atoms with Crippen LogP contribution in [0.3, 0.4) is 0 Å². The molecule has 1 aromatic heterocycles. The molecular weight excluding hydrogens is 366 g/mol. The summed E-state index contributed by atoms with van der Waals surface area (Å²) in [7, 11) is 0. The van der Waals surface area contributed by atoms with E-state index in [1.165, 1.54) is 0 Å². The van der Waals surface area contributed by atoms with Crippen LogP contribution < -0.4 is 5.56 Å². The van der Waals surface area contributed by atoms with Gasteiger partial charge in [-0.25, -0.2) is 0 Å². The monoisotopic (exact) mass is 383 g/mol. The fraction of sp³-hybridized carbons (Fsp3) is 0.300. The molecule has 0 bridgehead atoms. The number of benzene rings is 2. The Morgan fingerprint density at radius 2 is 1.81 bits per heavy atom. The number of halogens is 1. The van der Waals surface area contributed by atoms with Crippen molar-refractivity contribution in [1.29, 1.82) is 0 Å². The van der Waals surface area contributed by atoms with Crippen LogP contribution in [0.1, 0.15) is 31.2 Å². The lowest BCUT2D eigenvalue weighted by Gasteiger charge is -2.27. The first-order chi connectivity index (χ1) is 13.1. The van der Waals surface area contributed by atoms with Gasteiger partial charge in [-0.15, -0.1) is 5.10 Å². The van der Waals surface area contributed by atoms with Crippen molar-refractivity contribution in [3.63, 3.8) is 0 Å². The van der Waals surface area contributed by atoms with E-state index < -0.39 is 5.41 Å². The van der Waals surface area contributed by atoms with E-state index >= 15 is 0 Å². The van der Waals surface area contributed by atoms with E-state index in [9.17, 15) is 9.59 Å². The standard InChI is InChI=1S/C20H18ClN3O3/c21-15-9-7-14(8-10-15)20(11-3-4-12-20)19(26)27-13-24-18(25)16-5-1-2-6-17(16)22-23-24/h1-2,5-10H,3-4,11-13H2. The summed E-state index contributed by atoms with van der Waals surface area (Å²) in [5.41, 5.74) is 0.378. The summed E-state index contributed by atoms with van der Waals surface area (Å²) in [5.74, 6) is -0.343. The molecule has 1 saturated carbocycles. The average Bonchev–Trinajstić information content (AvgIpc) is 3.19. The molecule has 0 saturated heterocycles. The Bertz CT molecular complexity index is 1040. The van der Waals surface area contributed by atoms with E-state index in [0.29, 0.717) is 28.8 Å². The molecule has 0 radical (unpaired) electrons. The smallest absolute Gasteiger partial charge is 0.318 e. The number of esters is 1. The fourth-order valence-electron chi connectivity index (χ4n) is 3.72. The number of nitrogens with zero attached hydrogens (tertiary/aromatic N) is 3. The fourth-order valence-corrected chi connectivity index (χ4v) is 3.85. The molecule has 3 aromatic rings. The molecule has 138 valence electrons. The van der Waals surface area contributed by atoms with Crippen molar-refractivity contribution in [3.8, 4) is 0 Å². The van der Waals surface area contributed by atoms with Crippen LogP contribution in [-0.4, -0.2) is 21.0 Å². The highest BCUT2D eigenvalue weighted by atomic mass is 35.5. The number of rotatable bonds is 4. The Labute approximate surface area is 160 Å². The number of aromatic nitrogens is 3. The molecule has 1 fully saturated rings. The predicted octanol–water partition coefficient (Wildman–Crippen LogP) is 3.46. The highest BCUT2D eigenvalue weighted by Crippen LogP contribution is 2.42. The van der Waals surface area contributed by atoms with Crippen LogP contribution in [0.4, 0.5) is 0 Å². The summed E-state index contributed by atoms with van der Waals surface area (Å²) < 4.78 is 6.59. The van der Waals surface area contributed by atoms with Gasteiger partial charge >= 0.3 is 5.97 Å². The van der Waals surface area contributed by atoms with E-state index in [-0.39, 0.29) is 18.3 Å². The minimum absolute atomic E-state index is 0.259. The minimum Gasteiger partial charge on any atom is -0.441 e. The molecule has 1 aliphatic rings. The first-order valence-corrected chi connectivity index (χ1v) is 9.24. The molecule has 0 unspecified atom stereocenters. The molecular formula is C20H18ClN3O3. The zero-order valence-corrected chi connectivity index (χ0v) is 15.4. The van der Waals surface area contributed by atoms with E-state index in [1.54, 1.807) is 36.4 Å². The molecule has 4 rings (SSSR count). The van der Waals surface area contributed by atoms with Crippen LogP contribution in [0.5, 0.6) is 0 Å².